The van der Waals surface area contributed by atoms with E-state index < -0.39 is 0 Å². The Hall–Kier alpha value is -3.02. The Kier molecular flexibility index (Phi) is 7.71. The summed E-state index contributed by atoms with van der Waals surface area (Å²) in [5, 5.41) is 0. The van der Waals surface area contributed by atoms with Gasteiger partial charge >= 0.3 is 0 Å². The van der Waals surface area contributed by atoms with E-state index in [4.69, 9.17) is 9.47 Å². The molecule has 2 aromatic carbocycles. The molecule has 2 aromatic rings. The molecular weight excluding hydrogens is 380 g/mol. The highest BCUT2D eigenvalue weighted by Gasteiger charge is 2.24. The van der Waals surface area contributed by atoms with Gasteiger partial charge in [-0.2, -0.15) is 0 Å². The molecule has 0 saturated carbocycles. The predicted octanol–water partition coefficient (Wildman–Crippen LogP) is 3.54. The number of hydrogen-bond donors (Lipinski definition) is 0. The fourth-order valence-electron chi connectivity index (χ4n) is 3.57. The first-order valence-electron chi connectivity index (χ1n) is 10.5. The summed E-state index contributed by atoms with van der Waals surface area (Å²) < 4.78 is 11.0. The lowest BCUT2D eigenvalue weighted by molar-refractivity contribution is -0.131. The Labute approximate surface area is 178 Å². The van der Waals surface area contributed by atoms with Crippen LogP contribution in [0.15, 0.2) is 48.5 Å². The van der Waals surface area contributed by atoms with Crippen molar-refractivity contribution in [3.05, 3.63) is 59.7 Å². The second kappa shape index (κ2) is 10.7. The van der Waals surface area contributed by atoms with Gasteiger partial charge < -0.3 is 19.3 Å². The zero-order valence-electron chi connectivity index (χ0n) is 17.8. The van der Waals surface area contributed by atoms with E-state index in [0.717, 1.165) is 12.2 Å². The maximum Gasteiger partial charge on any atom is 0.257 e. The van der Waals surface area contributed by atoms with E-state index in [1.807, 2.05) is 53.1 Å². The molecule has 1 heterocycles. The number of benzene rings is 2. The second-order valence-electron chi connectivity index (χ2n) is 7.49. The minimum atomic E-state index is -0.0479. The third-order valence-corrected chi connectivity index (χ3v) is 5.30. The molecule has 30 heavy (non-hydrogen) atoms. The molecule has 6 nitrogen and oxygen atoms in total. The van der Waals surface area contributed by atoms with E-state index in [2.05, 4.69) is 0 Å². The minimum absolute atomic E-state index is 0.0479. The number of rotatable bonds is 7. The molecule has 1 aliphatic heterocycles. The average Bonchev–Trinajstić information content (AvgIpc) is 3.03. The van der Waals surface area contributed by atoms with Gasteiger partial charge in [0, 0.05) is 32.6 Å². The smallest absolute Gasteiger partial charge is 0.257 e. The van der Waals surface area contributed by atoms with Crippen LogP contribution in [-0.4, -0.2) is 61.5 Å². The minimum Gasteiger partial charge on any atom is -0.496 e. The van der Waals surface area contributed by atoms with E-state index in [1.54, 1.807) is 19.2 Å². The lowest BCUT2D eigenvalue weighted by atomic mass is 10.1. The lowest BCUT2D eigenvalue weighted by Crippen LogP contribution is -2.37. The first kappa shape index (κ1) is 21.7. The molecule has 0 aliphatic carbocycles. The molecule has 0 atom stereocenters. The fraction of sp³-hybridized carbons (Fsp3) is 0.417. The summed E-state index contributed by atoms with van der Waals surface area (Å²) in [6.07, 6.45) is 1.89. The van der Waals surface area contributed by atoms with Crippen molar-refractivity contribution in [1.82, 2.24) is 9.80 Å². The number of ether oxygens (including phenoxy) is 2. The molecule has 0 N–H and O–H groups in total. The monoisotopic (exact) mass is 410 g/mol. The molecular formula is C24H30N2O4. The van der Waals surface area contributed by atoms with Gasteiger partial charge in [-0.25, -0.2) is 0 Å². The van der Waals surface area contributed by atoms with Gasteiger partial charge in [0.25, 0.3) is 5.91 Å². The van der Waals surface area contributed by atoms with Crippen LogP contribution in [0.25, 0.3) is 0 Å². The number of hydrogen-bond acceptors (Lipinski definition) is 4. The highest BCUT2D eigenvalue weighted by molar-refractivity contribution is 5.97. The van der Waals surface area contributed by atoms with Crippen LogP contribution >= 0.6 is 0 Å². The number of methoxy groups -OCH3 is 1. The molecule has 0 bridgehead atoms. The van der Waals surface area contributed by atoms with E-state index in [1.165, 1.54) is 5.56 Å². The van der Waals surface area contributed by atoms with Gasteiger partial charge in [0.1, 0.15) is 11.5 Å². The molecule has 1 aliphatic rings. The SMILES string of the molecule is COc1ccccc1C(=O)N1CCCN(C(=O)CCCOc2ccc(C)cc2)CC1. The quantitative estimate of drug-likeness (QED) is 0.655. The van der Waals surface area contributed by atoms with E-state index in [0.29, 0.717) is 56.9 Å². The number of nitrogens with zero attached hydrogens (tertiary/aromatic N) is 2. The molecule has 160 valence electrons. The van der Waals surface area contributed by atoms with Crippen LogP contribution < -0.4 is 9.47 Å². The molecule has 3 rings (SSSR count). The highest BCUT2D eigenvalue weighted by atomic mass is 16.5. The number of aryl methyl sites for hydroxylation is 1. The van der Waals surface area contributed by atoms with Crippen molar-refractivity contribution in [2.45, 2.75) is 26.2 Å². The van der Waals surface area contributed by atoms with Crippen LogP contribution in [0.1, 0.15) is 35.2 Å². The Morgan fingerprint density at radius 3 is 2.40 bits per heavy atom. The maximum atomic E-state index is 12.9. The number of carbonyl (C=O) groups is 2. The molecule has 6 heteroatoms. The zero-order valence-corrected chi connectivity index (χ0v) is 17.8. The normalized spacial score (nSPS) is 14.2. The lowest BCUT2D eigenvalue weighted by Gasteiger charge is -2.23. The van der Waals surface area contributed by atoms with Gasteiger partial charge in [0.15, 0.2) is 0 Å². The third kappa shape index (κ3) is 5.75. The van der Waals surface area contributed by atoms with Crippen LogP contribution in [0, 0.1) is 6.92 Å². The van der Waals surface area contributed by atoms with Gasteiger partial charge in [0.05, 0.1) is 19.3 Å². The topological polar surface area (TPSA) is 59.1 Å². The van der Waals surface area contributed by atoms with E-state index in [9.17, 15) is 9.59 Å². The summed E-state index contributed by atoms with van der Waals surface area (Å²) >= 11 is 0. The van der Waals surface area contributed by atoms with E-state index in [-0.39, 0.29) is 11.8 Å². The standard InChI is InChI=1S/C24H30N2O4/c1-19-10-12-20(13-11-19)30-18-5-9-23(27)25-14-6-15-26(17-16-25)24(28)21-7-3-4-8-22(21)29-2/h3-4,7-8,10-13H,5-6,9,14-18H2,1-2H3. The first-order chi connectivity index (χ1) is 14.6. The van der Waals surface area contributed by atoms with Crippen molar-refractivity contribution in [3.63, 3.8) is 0 Å². The molecule has 1 fully saturated rings. The molecule has 1 saturated heterocycles. The Morgan fingerprint density at radius 2 is 1.63 bits per heavy atom. The van der Waals surface area contributed by atoms with Gasteiger partial charge in [-0.1, -0.05) is 29.8 Å². The predicted molar refractivity (Wildman–Crippen MR) is 116 cm³/mol. The van der Waals surface area contributed by atoms with Crippen LogP contribution in [0.2, 0.25) is 0 Å². The maximum absolute atomic E-state index is 12.9. The Balaban J connectivity index is 1.45. The molecule has 0 spiro atoms. The average molecular weight is 411 g/mol. The number of para-hydroxylation sites is 1. The van der Waals surface area contributed by atoms with Crippen LogP contribution in [0.4, 0.5) is 0 Å². The van der Waals surface area contributed by atoms with Gasteiger partial charge in [-0.3, -0.25) is 9.59 Å². The Morgan fingerprint density at radius 1 is 0.933 bits per heavy atom. The highest BCUT2D eigenvalue weighted by Crippen LogP contribution is 2.20. The molecule has 0 radical (unpaired) electrons. The Bertz CT molecular complexity index is 851. The number of carbonyl (C=O) groups excluding carboxylic acids is 2. The van der Waals surface area contributed by atoms with Gasteiger partial charge in [-0.05, 0) is 44.0 Å². The van der Waals surface area contributed by atoms with Crippen molar-refractivity contribution < 1.29 is 19.1 Å². The van der Waals surface area contributed by atoms with Crippen molar-refractivity contribution in [2.24, 2.45) is 0 Å². The third-order valence-electron chi connectivity index (χ3n) is 5.30. The van der Waals surface area contributed by atoms with E-state index >= 15 is 0 Å². The molecule has 2 amide bonds. The summed E-state index contributed by atoms with van der Waals surface area (Å²) in [6.45, 7) is 4.95. The van der Waals surface area contributed by atoms with Crippen molar-refractivity contribution in [3.8, 4) is 11.5 Å². The van der Waals surface area contributed by atoms with Gasteiger partial charge in [0.2, 0.25) is 5.91 Å². The fourth-order valence-corrected chi connectivity index (χ4v) is 3.57. The zero-order chi connectivity index (χ0) is 21.3. The molecule has 0 aromatic heterocycles. The summed E-state index contributed by atoms with van der Waals surface area (Å²) in [6, 6.07) is 15.2. The van der Waals surface area contributed by atoms with Crippen LogP contribution in [0.5, 0.6) is 11.5 Å². The van der Waals surface area contributed by atoms with Crippen LogP contribution in [-0.2, 0) is 4.79 Å². The van der Waals surface area contributed by atoms with Crippen molar-refractivity contribution in [1.29, 1.82) is 0 Å². The van der Waals surface area contributed by atoms with Crippen LogP contribution in [0.3, 0.4) is 0 Å². The second-order valence-corrected chi connectivity index (χ2v) is 7.49. The summed E-state index contributed by atoms with van der Waals surface area (Å²) in [4.78, 5) is 29.2. The molecule has 0 unspecified atom stereocenters. The van der Waals surface area contributed by atoms with Gasteiger partial charge in [-0.15, -0.1) is 0 Å². The van der Waals surface area contributed by atoms with Crippen molar-refractivity contribution >= 4 is 11.8 Å². The van der Waals surface area contributed by atoms with Crippen molar-refractivity contribution in [2.75, 3.05) is 39.9 Å². The summed E-state index contributed by atoms with van der Waals surface area (Å²) in [5.41, 5.74) is 1.75. The first-order valence-corrected chi connectivity index (χ1v) is 10.5. The number of amides is 2. The largest absolute Gasteiger partial charge is 0.496 e. The summed E-state index contributed by atoms with van der Waals surface area (Å²) in [7, 11) is 1.57. The summed E-state index contributed by atoms with van der Waals surface area (Å²) in [5.74, 6) is 1.48.